The summed E-state index contributed by atoms with van der Waals surface area (Å²) < 4.78 is 30.0. The third kappa shape index (κ3) is 5.62. The molecule has 0 spiro atoms. The first-order chi connectivity index (χ1) is 16.0. The average Bonchev–Trinajstić information content (AvgIpc) is 3.32. The summed E-state index contributed by atoms with van der Waals surface area (Å²) in [5, 5.41) is 7.25. The van der Waals surface area contributed by atoms with E-state index in [1.807, 2.05) is 19.1 Å². The van der Waals surface area contributed by atoms with Crippen LogP contribution < -0.4 is 5.32 Å². The van der Waals surface area contributed by atoms with Crippen LogP contribution in [0.4, 0.5) is 0 Å². The van der Waals surface area contributed by atoms with E-state index in [9.17, 15) is 13.2 Å². The van der Waals surface area contributed by atoms with Gasteiger partial charge in [0, 0.05) is 57.4 Å². The first kappa shape index (κ1) is 23.8. The van der Waals surface area contributed by atoms with Gasteiger partial charge in [0.1, 0.15) is 4.90 Å². The summed E-state index contributed by atoms with van der Waals surface area (Å²) in [6.07, 6.45) is 11.2. The third-order valence-electron chi connectivity index (χ3n) is 6.73. The molecule has 2 aliphatic rings. The molecule has 0 aromatic carbocycles. The molecule has 2 aromatic rings. The topological polar surface area (TPSA) is 100 Å². The summed E-state index contributed by atoms with van der Waals surface area (Å²) >= 11 is 0. The zero-order chi connectivity index (χ0) is 23.3. The molecule has 0 aliphatic carbocycles. The summed E-state index contributed by atoms with van der Waals surface area (Å²) in [6.45, 7) is 5.34. The van der Waals surface area contributed by atoms with Crippen molar-refractivity contribution in [2.75, 3.05) is 26.2 Å². The lowest BCUT2D eigenvalue weighted by Crippen LogP contribution is -2.57. The van der Waals surface area contributed by atoms with Gasteiger partial charge in [0.2, 0.25) is 15.9 Å². The van der Waals surface area contributed by atoms with E-state index < -0.39 is 10.0 Å². The van der Waals surface area contributed by atoms with Gasteiger partial charge in [-0.2, -0.15) is 9.40 Å². The number of pyridine rings is 1. The number of rotatable bonds is 5. The fourth-order valence-electron chi connectivity index (χ4n) is 4.82. The van der Waals surface area contributed by atoms with Crippen molar-refractivity contribution in [1.82, 2.24) is 29.3 Å². The normalized spacial score (nSPS) is 24.0. The van der Waals surface area contributed by atoms with Crippen molar-refractivity contribution >= 4 is 15.9 Å². The van der Waals surface area contributed by atoms with E-state index in [4.69, 9.17) is 0 Å². The molecule has 0 unspecified atom stereocenters. The van der Waals surface area contributed by atoms with E-state index >= 15 is 0 Å². The largest absolute Gasteiger partial charge is 0.356 e. The van der Waals surface area contributed by atoms with E-state index in [2.05, 4.69) is 20.3 Å². The van der Waals surface area contributed by atoms with E-state index in [1.165, 1.54) is 10.5 Å². The minimum Gasteiger partial charge on any atom is -0.356 e. The fraction of sp³-hybridized carbons (Fsp3) is 0.609. The molecule has 10 heteroatoms. The molecule has 0 radical (unpaired) electrons. The lowest BCUT2D eigenvalue weighted by molar-refractivity contribution is -0.129. The maximum atomic E-state index is 13.4. The van der Waals surface area contributed by atoms with E-state index in [1.54, 1.807) is 23.3 Å². The van der Waals surface area contributed by atoms with Crippen molar-refractivity contribution < 1.29 is 13.2 Å². The van der Waals surface area contributed by atoms with Gasteiger partial charge in [-0.3, -0.25) is 19.4 Å². The van der Waals surface area contributed by atoms with Gasteiger partial charge >= 0.3 is 0 Å². The van der Waals surface area contributed by atoms with Gasteiger partial charge in [0.25, 0.3) is 0 Å². The van der Waals surface area contributed by atoms with Crippen molar-refractivity contribution in [2.24, 2.45) is 5.92 Å². The Morgan fingerprint density at radius 2 is 1.91 bits per heavy atom. The van der Waals surface area contributed by atoms with Crippen molar-refractivity contribution in [3.05, 3.63) is 42.5 Å². The Bertz CT molecular complexity index is 1030. The summed E-state index contributed by atoms with van der Waals surface area (Å²) in [6, 6.07) is 3.77. The summed E-state index contributed by atoms with van der Waals surface area (Å²) in [4.78, 5) is 19.8. The number of aryl methyl sites for hydroxylation is 1. The van der Waals surface area contributed by atoms with E-state index in [0.717, 1.165) is 37.8 Å². The number of hydrogen-bond acceptors (Lipinski definition) is 6. The van der Waals surface area contributed by atoms with Crippen LogP contribution in [0.15, 0.2) is 41.8 Å². The molecule has 33 heavy (non-hydrogen) atoms. The van der Waals surface area contributed by atoms with Gasteiger partial charge in [-0.05, 0) is 50.4 Å². The molecule has 2 fully saturated rings. The quantitative estimate of drug-likeness (QED) is 0.710. The fourth-order valence-corrected chi connectivity index (χ4v) is 6.25. The maximum Gasteiger partial charge on any atom is 0.246 e. The molecule has 4 heterocycles. The van der Waals surface area contributed by atoms with Crippen molar-refractivity contribution in [3.63, 3.8) is 0 Å². The molecule has 180 valence electrons. The van der Waals surface area contributed by atoms with Crippen LogP contribution in [0, 0.1) is 5.92 Å². The van der Waals surface area contributed by atoms with Crippen molar-refractivity contribution in [3.8, 4) is 0 Å². The number of sulfonamides is 1. The molecule has 4 rings (SSSR count). The van der Waals surface area contributed by atoms with Gasteiger partial charge in [-0.1, -0.05) is 12.8 Å². The molecule has 0 saturated carbocycles. The number of amides is 1. The second-order valence-corrected chi connectivity index (χ2v) is 10.8. The molecule has 2 atom stereocenters. The van der Waals surface area contributed by atoms with Gasteiger partial charge in [0.15, 0.2) is 0 Å². The summed E-state index contributed by atoms with van der Waals surface area (Å²) in [5.74, 6) is -0.202. The second kappa shape index (κ2) is 10.8. The Morgan fingerprint density at radius 1 is 1.12 bits per heavy atom. The van der Waals surface area contributed by atoms with Crippen molar-refractivity contribution in [2.45, 2.75) is 63.1 Å². The van der Waals surface area contributed by atoms with Crippen LogP contribution in [-0.2, 0) is 27.9 Å². The monoisotopic (exact) mass is 474 g/mol. The number of aromatic nitrogens is 3. The van der Waals surface area contributed by atoms with Crippen LogP contribution in [0.25, 0.3) is 0 Å². The number of piperidine rings is 1. The first-order valence-corrected chi connectivity index (χ1v) is 13.4. The number of fused-ring (bicyclic) bond motifs is 1. The molecular formula is C23H34N6O3S. The Morgan fingerprint density at radius 3 is 2.67 bits per heavy atom. The molecule has 1 amide bonds. The Hall–Kier alpha value is -2.30. The molecule has 2 aromatic heterocycles. The zero-order valence-electron chi connectivity index (χ0n) is 19.3. The minimum atomic E-state index is -3.68. The highest BCUT2D eigenvalue weighted by Gasteiger charge is 2.41. The number of nitrogens with zero attached hydrogens (tertiary/aromatic N) is 5. The Balaban J connectivity index is 1.62. The maximum absolute atomic E-state index is 13.4. The van der Waals surface area contributed by atoms with Gasteiger partial charge in [-0.25, -0.2) is 8.42 Å². The van der Waals surface area contributed by atoms with Crippen LogP contribution in [-0.4, -0.2) is 70.5 Å². The Labute approximate surface area is 196 Å². The minimum absolute atomic E-state index is 0.0393. The van der Waals surface area contributed by atoms with Gasteiger partial charge < -0.3 is 5.32 Å². The lowest BCUT2D eigenvalue weighted by Gasteiger charge is -2.43. The summed E-state index contributed by atoms with van der Waals surface area (Å²) in [7, 11) is -3.68. The van der Waals surface area contributed by atoms with Crippen LogP contribution in [0.5, 0.6) is 0 Å². The molecular weight excluding hydrogens is 440 g/mol. The SMILES string of the molecule is CCn1cc(S(=O)(=O)N2CC[C@H]3C(=O)NCCCCCCN(Cc4ccncc4)[C@@H]3C2)cn1. The number of hydrogen-bond donors (Lipinski definition) is 1. The van der Waals surface area contributed by atoms with Gasteiger partial charge in [0.05, 0.1) is 12.1 Å². The molecule has 2 saturated heterocycles. The van der Waals surface area contributed by atoms with Crippen molar-refractivity contribution in [1.29, 1.82) is 0 Å². The third-order valence-corrected chi connectivity index (χ3v) is 8.55. The standard InChI is InChI=1S/C23H34N6O3S/c1-2-28-17-20(15-26-28)33(31,32)29-14-9-21-22(18-29)27(16-19-7-11-24-12-8-19)13-6-4-3-5-10-25-23(21)30/h7-8,11-12,15,17,21-22H,2-6,9-10,13-14,16,18H2,1H3,(H,25,30)/t21-,22-/m1/s1. The number of carbonyl (C=O) groups is 1. The summed E-state index contributed by atoms with van der Waals surface area (Å²) in [5.41, 5.74) is 1.11. The predicted molar refractivity (Wildman–Crippen MR) is 125 cm³/mol. The molecule has 9 nitrogen and oxygen atoms in total. The second-order valence-electron chi connectivity index (χ2n) is 8.89. The molecule has 1 N–H and O–H groups in total. The average molecular weight is 475 g/mol. The number of carbonyl (C=O) groups excluding carboxylic acids is 1. The molecule has 2 aliphatic heterocycles. The van der Waals surface area contributed by atoms with Crippen LogP contribution >= 0.6 is 0 Å². The highest BCUT2D eigenvalue weighted by atomic mass is 32.2. The van der Waals surface area contributed by atoms with E-state index in [-0.39, 0.29) is 22.8 Å². The van der Waals surface area contributed by atoms with Crippen LogP contribution in [0.1, 0.15) is 44.6 Å². The molecule has 0 bridgehead atoms. The smallest absolute Gasteiger partial charge is 0.246 e. The lowest BCUT2D eigenvalue weighted by atomic mass is 9.90. The first-order valence-electron chi connectivity index (χ1n) is 11.9. The number of nitrogens with one attached hydrogen (secondary N) is 1. The van der Waals surface area contributed by atoms with Crippen LogP contribution in [0.2, 0.25) is 0 Å². The van der Waals surface area contributed by atoms with E-state index in [0.29, 0.717) is 39.1 Å². The highest BCUT2D eigenvalue weighted by Crippen LogP contribution is 2.29. The predicted octanol–water partition coefficient (Wildman–Crippen LogP) is 1.87. The highest BCUT2D eigenvalue weighted by molar-refractivity contribution is 7.89. The van der Waals surface area contributed by atoms with Gasteiger partial charge in [-0.15, -0.1) is 0 Å². The van der Waals surface area contributed by atoms with Crippen LogP contribution in [0.3, 0.4) is 0 Å². The zero-order valence-corrected chi connectivity index (χ0v) is 20.1. The Kier molecular flexibility index (Phi) is 7.77.